The van der Waals surface area contributed by atoms with Crippen molar-refractivity contribution in [1.29, 1.82) is 0 Å². The van der Waals surface area contributed by atoms with E-state index in [1.54, 1.807) is 18.2 Å². The molecule has 0 atom stereocenters. The molecule has 0 spiro atoms. The van der Waals surface area contributed by atoms with E-state index in [1.807, 2.05) is 0 Å². The number of hydrogen-bond donors (Lipinski definition) is 9. The second kappa shape index (κ2) is 30.0. The molecule has 0 unspecified atom stereocenters. The number of aromatic carboxylic acids is 5. The largest absolute Gasteiger partial charge is 0.478 e. The summed E-state index contributed by atoms with van der Waals surface area (Å²) in [5.74, 6) is -9.88. The number of benzene rings is 5. The van der Waals surface area contributed by atoms with Gasteiger partial charge in [0.05, 0.1) is 104 Å². The highest BCUT2D eigenvalue weighted by Crippen LogP contribution is 2.34. The number of carbonyl (C=O) groups excluding carboxylic acids is 3. The summed E-state index contributed by atoms with van der Waals surface area (Å²) in [6.07, 6.45) is -0.507. The standard InChI is InChI=1S/C56H60O22/c57-20-14-32-8-11-45(41(15-21-58)46(32)52(67)68)55(72)78-28-19-42-37(18-27-77-54(71)44-13-12-43(51(65)66)38(16-25-74-29-22-59)39(44)17-26-75-30-23-60)36-6-1-2-7-40(36)48(47(42)53(69)70)56(73)76-24-4-3-5-33-31-34(49(61)62)9-10-35(33)50(63)64/h1-2,6-13,31,57-60H,3-5,14-30H2,(H,61,62)(H,63,64)(H,65,66)(H,67,68)(H,69,70). The first kappa shape index (κ1) is 60.7. The van der Waals surface area contributed by atoms with E-state index in [1.165, 1.54) is 48.5 Å². The van der Waals surface area contributed by atoms with Crippen molar-refractivity contribution >= 4 is 58.5 Å². The average molecular weight is 1090 g/mol. The molecule has 0 amide bonds. The predicted octanol–water partition coefficient (Wildman–Crippen LogP) is 4.48. The molecule has 0 fully saturated rings. The molecule has 0 aromatic heterocycles. The highest BCUT2D eigenvalue weighted by atomic mass is 16.5. The van der Waals surface area contributed by atoms with Crippen LogP contribution in [-0.2, 0) is 68.6 Å². The Morgan fingerprint density at radius 1 is 0.346 bits per heavy atom. The molecular formula is C56H60O22. The summed E-state index contributed by atoms with van der Waals surface area (Å²) >= 11 is 0. The maximum Gasteiger partial charge on any atom is 0.339 e. The lowest BCUT2D eigenvalue weighted by atomic mass is 9.86. The van der Waals surface area contributed by atoms with Gasteiger partial charge in [-0.15, -0.1) is 0 Å². The zero-order valence-electron chi connectivity index (χ0n) is 42.3. The van der Waals surface area contributed by atoms with Gasteiger partial charge in [-0.3, -0.25) is 0 Å². The molecule has 0 heterocycles. The van der Waals surface area contributed by atoms with Gasteiger partial charge >= 0.3 is 47.8 Å². The van der Waals surface area contributed by atoms with Crippen molar-refractivity contribution in [3.8, 4) is 0 Å². The number of fused-ring (bicyclic) bond motifs is 1. The topological polar surface area (TPSA) is 365 Å². The van der Waals surface area contributed by atoms with Gasteiger partial charge in [-0.2, -0.15) is 0 Å². The van der Waals surface area contributed by atoms with Crippen molar-refractivity contribution < 1.29 is 108 Å². The molecule has 0 aliphatic rings. The summed E-state index contributed by atoms with van der Waals surface area (Å²) in [6.45, 7) is -2.98. The fourth-order valence-electron chi connectivity index (χ4n) is 9.21. The average Bonchev–Trinajstić information content (AvgIpc) is 3.62. The third-order valence-corrected chi connectivity index (χ3v) is 12.6. The molecule has 22 heteroatoms. The Kier molecular flexibility index (Phi) is 23.4. The molecule has 0 saturated heterocycles. The molecule has 78 heavy (non-hydrogen) atoms. The molecule has 5 aromatic rings. The number of carbonyl (C=O) groups is 8. The van der Waals surface area contributed by atoms with Crippen LogP contribution < -0.4 is 0 Å². The minimum Gasteiger partial charge on any atom is -0.478 e. The van der Waals surface area contributed by atoms with Gasteiger partial charge in [0, 0.05) is 26.1 Å². The summed E-state index contributed by atoms with van der Waals surface area (Å²) in [4.78, 5) is 104. The fraction of sp³-hybridized carbons (Fsp3) is 0.357. The molecular weight excluding hydrogens is 1020 g/mol. The van der Waals surface area contributed by atoms with Gasteiger partial charge < -0.3 is 69.6 Å². The highest BCUT2D eigenvalue weighted by Gasteiger charge is 2.30. The molecule has 5 aromatic carbocycles. The Bertz CT molecular complexity index is 3010. The van der Waals surface area contributed by atoms with Gasteiger partial charge in [0.15, 0.2) is 0 Å². The van der Waals surface area contributed by atoms with Crippen LogP contribution in [0.2, 0.25) is 0 Å². The number of aliphatic hydroxyl groups excluding tert-OH is 4. The van der Waals surface area contributed by atoms with Crippen molar-refractivity contribution in [2.45, 2.75) is 57.8 Å². The van der Waals surface area contributed by atoms with Gasteiger partial charge in [-0.25, -0.2) is 38.4 Å². The summed E-state index contributed by atoms with van der Waals surface area (Å²) in [5, 5.41) is 88.6. The van der Waals surface area contributed by atoms with Crippen LogP contribution >= 0.6 is 0 Å². The van der Waals surface area contributed by atoms with Crippen molar-refractivity contribution in [3.05, 3.63) is 150 Å². The lowest BCUT2D eigenvalue weighted by molar-refractivity contribution is 0.0481. The van der Waals surface area contributed by atoms with E-state index in [4.69, 9.17) is 23.7 Å². The van der Waals surface area contributed by atoms with Crippen LogP contribution in [-0.4, -0.2) is 166 Å². The highest BCUT2D eigenvalue weighted by molar-refractivity contribution is 6.14. The number of hydrogen-bond acceptors (Lipinski definition) is 17. The molecule has 0 aliphatic heterocycles. The van der Waals surface area contributed by atoms with Crippen molar-refractivity contribution in [2.75, 3.05) is 72.7 Å². The number of rotatable bonds is 33. The SMILES string of the molecule is O=C(O)c1ccc(C(=O)O)c(CCCCOC(=O)c2c(C(=O)O)c(CCOC(=O)c3ccc(CCO)c(C(=O)O)c3CCO)c(CCOC(=O)c3ccc(C(=O)O)c(CCOCCO)c3CCOCCO)c3ccccc23)c1. The third-order valence-electron chi connectivity index (χ3n) is 12.6. The van der Waals surface area contributed by atoms with Crippen LogP contribution in [0.4, 0.5) is 0 Å². The number of aliphatic hydroxyl groups is 4. The lowest BCUT2D eigenvalue weighted by Gasteiger charge is -2.21. The first-order valence-electron chi connectivity index (χ1n) is 24.8. The maximum atomic E-state index is 14.2. The van der Waals surface area contributed by atoms with E-state index in [2.05, 4.69) is 0 Å². The van der Waals surface area contributed by atoms with Crippen LogP contribution in [0.5, 0.6) is 0 Å². The Balaban J connectivity index is 1.53. The monoisotopic (exact) mass is 1080 g/mol. The van der Waals surface area contributed by atoms with Gasteiger partial charge in [-0.1, -0.05) is 30.3 Å². The molecule has 22 nitrogen and oxygen atoms in total. The van der Waals surface area contributed by atoms with E-state index in [0.717, 1.165) is 0 Å². The Morgan fingerprint density at radius 2 is 0.859 bits per heavy atom. The zero-order valence-corrected chi connectivity index (χ0v) is 42.3. The van der Waals surface area contributed by atoms with Crippen molar-refractivity contribution in [3.63, 3.8) is 0 Å². The van der Waals surface area contributed by atoms with Crippen LogP contribution in [0, 0.1) is 0 Å². The number of unbranched alkanes of at least 4 members (excludes halogenated alkanes) is 1. The quantitative estimate of drug-likeness (QED) is 0.0159. The molecule has 0 bridgehead atoms. The number of carboxylic acids is 5. The summed E-state index contributed by atoms with van der Waals surface area (Å²) in [6, 6.07) is 14.9. The Hall–Kier alpha value is -8.12. The fourth-order valence-corrected chi connectivity index (χ4v) is 9.21. The zero-order chi connectivity index (χ0) is 56.9. The molecule has 9 N–H and O–H groups in total. The van der Waals surface area contributed by atoms with Crippen molar-refractivity contribution in [2.24, 2.45) is 0 Å². The second-order valence-corrected chi connectivity index (χ2v) is 17.4. The van der Waals surface area contributed by atoms with Crippen LogP contribution in [0.25, 0.3) is 10.8 Å². The lowest BCUT2D eigenvalue weighted by Crippen LogP contribution is -2.21. The van der Waals surface area contributed by atoms with Gasteiger partial charge in [0.25, 0.3) is 0 Å². The van der Waals surface area contributed by atoms with Crippen LogP contribution in [0.3, 0.4) is 0 Å². The van der Waals surface area contributed by atoms with Crippen LogP contribution in [0.1, 0.15) is 135 Å². The van der Waals surface area contributed by atoms with Gasteiger partial charge in [0.2, 0.25) is 0 Å². The van der Waals surface area contributed by atoms with Gasteiger partial charge in [0.1, 0.15) is 0 Å². The molecule has 0 saturated carbocycles. The Morgan fingerprint density at radius 3 is 1.42 bits per heavy atom. The predicted molar refractivity (Wildman–Crippen MR) is 274 cm³/mol. The second-order valence-electron chi connectivity index (χ2n) is 17.4. The summed E-state index contributed by atoms with van der Waals surface area (Å²) in [7, 11) is 0. The van der Waals surface area contributed by atoms with Crippen LogP contribution in [0.15, 0.2) is 66.7 Å². The summed E-state index contributed by atoms with van der Waals surface area (Å²) < 4.78 is 28.0. The minimum atomic E-state index is -1.61. The Labute approximate surface area is 446 Å². The number of ether oxygens (including phenoxy) is 5. The van der Waals surface area contributed by atoms with E-state index in [-0.39, 0.29) is 181 Å². The first-order valence-corrected chi connectivity index (χ1v) is 24.8. The van der Waals surface area contributed by atoms with E-state index in [9.17, 15) is 84.3 Å². The van der Waals surface area contributed by atoms with E-state index < -0.39 is 86.2 Å². The first-order chi connectivity index (χ1) is 37.5. The summed E-state index contributed by atoms with van der Waals surface area (Å²) in [5.41, 5.74) is -0.827. The minimum absolute atomic E-state index is 0.00611. The molecule has 0 aliphatic carbocycles. The van der Waals surface area contributed by atoms with E-state index in [0.29, 0.717) is 5.39 Å². The molecule has 5 rings (SSSR count). The smallest absolute Gasteiger partial charge is 0.339 e. The third kappa shape index (κ3) is 15.5. The number of carboxylic acid groups (broad SMARTS) is 5. The van der Waals surface area contributed by atoms with E-state index >= 15 is 0 Å². The van der Waals surface area contributed by atoms with Gasteiger partial charge in [-0.05, 0) is 131 Å². The molecule has 0 radical (unpaired) electrons. The number of esters is 3. The maximum absolute atomic E-state index is 14.2. The number of aryl methyl sites for hydroxylation is 1. The van der Waals surface area contributed by atoms with Crippen molar-refractivity contribution in [1.82, 2.24) is 0 Å². The normalized spacial score (nSPS) is 11.1. The molecule has 416 valence electrons.